The van der Waals surface area contributed by atoms with Gasteiger partial charge in [0.05, 0.1) is 31.8 Å². The zero-order valence-electron chi connectivity index (χ0n) is 30.0. The topological polar surface area (TPSA) is 125 Å². The van der Waals surface area contributed by atoms with Crippen molar-refractivity contribution in [1.29, 1.82) is 0 Å². The van der Waals surface area contributed by atoms with Crippen LogP contribution < -0.4 is 4.31 Å². The first-order chi connectivity index (χ1) is 23.4. The Morgan fingerprint density at radius 3 is 2.33 bits per heavy atom. The Bertz CT molecular complexity index is 1640. The highest BCUT2D eigenvalue weighted by atomic mass is 32.2. The van der Waals surface area contributed by atoms with Crippen LogP contribution in [-0.2, 0) is 51.7 Å². The summed E-state index contributed by atoms with van der Waals surface area (Å²) in [7, 11) is -1.30. The third kappa shape index (κ3) is 10.1. The van der Waals surface area contributed by atoms with Crippen molar-refractivity contribution in [3.63, 3.8) is 0 Å². The summed E-state index contributed by atoms with van der Waals surface area (Å²) in [4.78, 5) is 29.0. The third-order valence-corrected chi connectivity index (χ3v) is 10.8. The first kappa shape index (κ1) is 40.1. The van der Waals surface area contributed by atoms with Gasteiger partial charge in [-0.15, -0.1) is 0 Å². The molecule has 3 rings (SSSR count). The maximum Gasteiger partial charge on any atom is 0.328 e. The van der Waals surface area contributed by atoms with Crippen LogP contribution in [0.1, 0.15) is 68.5 Å². The number of unbranched alkanes of at least 4 members (excludes halogenated alkanes) is 1. The van der Waals surface area contributed by atoms with Crippen molar-refractivity contribution in [2.24, 2.45) is 5.92 Å². The second-order valence-electron chi connectivity index (χ2n) is 12.0. The number of carbonyl (C=O) groups excluding carboxylic acids is 2. The minimum atomic E-state index is -4.18. The average molecular weight is 718 g/mol. The molecule has 0 aliphatic heterocycles. The van der Waals surface area contributed by atoms with Crippen LogP contribution in [-0.4, -0.2) is 76.4 Å². The van der Waals surface area contributed by atoms with E-state index >= 15 is 0 Å². The molecule has 2 aromatic carbocycles. The lowest BCUT2D eigenvalue weighted by atomic mass is 9.96. The molecule has 0 unspecified atom stereocenters. The van der Waals surface area contributed by atoms with E-state index in [2.05, 4.69) is 4.37 Å². The van der Waals surface area contributed by atoms with E-state index in [-0.39, 0.29) is 43.2 Å². The van der Waals surface area contributed by atoms with Crippen LogP contribution in [0.5, 0.6) is 0 Å². The number of esters is 1. The van der Waals surface area contributed by atoms with Crippen molar-refractivity contribution in [3.8, 4) is 11.1 Å². The number of carbonyl (C=O) groups is 2. The largest absolute Gasteiger partial charge is 0.467 e. The molecule has 0 saturated heterocycles. The number of hydrogen-bond acceptors (Lipinski definition) is 10. The van der Waals surface area contributed by atoms with E-state index in [0.717, 1.165) is 28.0 Å². The van der Waals surface area contributed by atoms with E-state index in [1.807, 2.05) is 59.7 Å². The van der Waals surface area contributed by atoms with Crippen molar-refractivity contribution in [2.75, 3.05) is 45.1 Å². The Hall–Kier alpha value is -3.36. The van der Waals surface area contributed by atoms with E-state index < -0.39 is 22.0 Å². The lowest BCUT2D eigenvalue weighted by molar-refractivity contribution is -0.155. The van der Waals surface area contributed by atoms with Crippen molar-refractivity contribution in [1.82, 2.24) is 9.27 Å². The van der Waals surface area contributed by atoms with Gasteiger partial charge in [-0.05, 0) is 67.4 Å². The summed E-state index contributed by atoms with van der Waals surface area (Å²) in [6.45, 7) is 12.5. The Morgan fingerprint density at radius 2 is 1.71 bits per heavy atom. The number of benzene rings is 2. The van der Waals surface area contributed by atoms with E-state index in [4.69, 9.17) is 18.9 Å². The van der Waals surface area contributed by atoms with E-state index in [1.54, 1.807) is 36.3 Å². The summed E-state index contributed by atoms with van der Waals surface area (Å²) < 4.78 is 56.6. The van der Waals surface area contributed by atoms with Crippen molar-refractivity contribution in [2.45, 2.75) is 84.9 Å². The number of nitrogens with zero attached hydrogens (tertiary/aromatic N) is 3. The van der Waals surface area contributed by atoms with Crippen LogP contribution in [0, 0.1) is 19.8 Å². The number of aryl methyl sites for hydroxylation is 1. The monoisotopic (exact) mass is 717 g/mol. The molecule has 0 saturated carbocycles. The molecule has 0 N–H and O–H groups in total. The molecule has 49 heavy (non-hydrogen) atoms. The number of amides is 1. The lowest BCUT2D eigenvalue weighted by Gasteiger charge is -2.33. The van der Waals surface area contributed by atoms with Gasteiger partial charge >= 0.3 is 5.97 Å². The third-order valence-electron chi connectivity index (χ3n) is 8.21. The molecule has 1 aromatic heterocycles. The van der Waals surface area contributed by atoms with Gasteiger partial charge in [-0.2, -0.15) is 4.37 Å². The molecule has 0 spiro atoms. The van der Waals surface area contributed by atoms with Crippen LogP contribution in [0.3, 0.4) is 0 Å². The number of sulfonamides is 1. The van der Waals surface area contributed by atoms with Gasteiger partial charge in [-0.3, -0.25) is 4.79 Å². The van der Waals surface area contributed by atoms with Gasteiger partial charge in [0, 0.05) is 42.7 Å². The summed E-state index contributed by atoms with van der Waals surface area (Å²) >= 11 is 1.24. The molecule has 13 heteroatoms. The van der Waals surface area contributed by atoms with E-state index in [0.29, 0.717) is 43.0 Å². The molecular weight excluding hydrogens is 667 g/mol. The fraction of sp³-hybridized carbons (Fsp3) is 0.528. The predicted octanol–water partition coefficient (Wildman–Crippen LogP) is 6.50. The molecular formula is C36H51N3O8S2. The zero-order chi connectivity index (χ0) is 36.1. The van der Waals surface area contributed by atoms with E-state index in [1.165, 1.54) is 22.9 Å². The summed E-state index contributed by atoms with van der Waals surface area (Å²) in [6.07, 6.45) is 1.86. The van der Waals surface area contributed by atoms with Crippen LogP contribution in [0.2, 0.25) is 0 Å². The fourth-order valence-electron chi connectivity index (χ4n) is 5.44. The van der Waals surface area contributed by atoms with Crippen LogP contribution >= 0.6 is 11.5 Å². The highest BCUT2D eigenvalue weighted by Crippen LogP contribution is 2.36. The number of aromatic nitrogens is 1. The fourth-order valence-corrected chi connectivity index (χ4v) is 7.74. The molecule has 0 aliphatic rings. The van der Waals surface area contributed by atoms with Gasteiger partial charge < -0.3 is 23.8 Å². The predicted molar refractivity (Wildman–Crippen MR) is 192 cm³/mol. The van der Waals surface area contributed by atoms with Gasteiger partial charge in [0.2, 0.25) is 5.91 Å². The summed E-state index contributed by atoms with van der Waals surface area (Å²) in [5, 5.41) is 0. The SMILES string of the molecule is CCCCC(=O)N(Cc1ccc(-c2ccccc2S(=O)(=O)N(COCCOC)c2nsc(C)c2C)c(COCC)c1)[C@H](C(=O)OC)C(C)C. The van der Waals surface area contributed by atoms with Gasteiger partial charge in [0.15, 0.2) is 5.82 Å². The number of ether oxygens (including phenoxy) is 4. The molecule has 1 heterocycles. The lowest BCUT2D eigenvalue weighted by Crippen LogP contribution is -2.48. The second-order valence-corrected chi connectivity index (χ2v) is 14.8. The highest BCUT2D eigenvalue weighted by Gasteiger charge is 2.34. The second kappa shape index (κ2) is 19.1. The van der Waals surface area contributed by atoms with Gasteiger partial charge in [0.1, 0.15) is 12.8 Å². The number of hydrogen-bond donors (Lipinski definition) is 0. The maximum absolute atomic E-state index is 14.5. The number of anilines is 1. The van der Waals surface area contributed by atoms with Gasteiger partial charge in [-0.1, -0.05) is 63.6 Å². The average Bonchev–Trinajstić information content (AvgIpc) is 3.42. The van der Waals surface area contributed by atoms with E-state index in [9.17, 15) is 18.0 Å². The molecule has 0 bridgehead atoms. The minimum Gasteiger partial charge on any atom is -0.467 e. The first-order valence-electron chi connectivity index (χ1n) is 16.6. The number of methoxy groups -OCH3 is 2. The highest BCUT2D eigenvalue weighted by molar-refractivity contribution is 7.93. The first-order valence-corrected chi connectivity index (χ1v) is 18.8. The molecule has 11 nitrogen and oxygen atoms in total. The molecule has 1 amide bonds. The summed E-state index contributed by atoms with van der Waals surface area (Å²) in [5.41, 5.74) is 3.43. The van der Waals surface area contributed by atoms with Gasteiger partial charge in [0.25, 0.3) is 10.0 Å². The summed E-state index contributed by atoms with van der Waals surface area (Å²) in [6, 6.07) is 11.7. The maximum atomic E-state index is 14.5. The zero-order valence-corrected chi connectivity index (χ0v) is 31.6. The standard InChI is InChI=1S/C36H51N3O8S2/c1-9-11-16-33(40)38(34(25(3)4)36(41)45-8)22-28-17-18-30(29(21-28)23-46-10-2)31-14-12-13-15-32(31)49(42,43)39(24-47-20-19-44-7)35-26(5)27(6)48-37-35/h12-15,17-18,21,25,34H,9-11,16,19-20,22-24H2,1-8H3/t34-/m0/s1. The van der Waals surface area contributed by atoms with Crippen LogP contribution in [0.15, 0.2) is 47.4 Å². The normalized spacial score (nSPS) is 12.3. The molecule has 1 atom stereocenters. The van der Waals surface area contributed by atoms with Crippen molar-refractivity contribution >= 4 is 39.3 Å². The quantitative estimate of drug-likeness (QED) is 0.0732. The Labute approximate surface area is 295 Å². The van der Waals surface area contributed by atoms with Crippen LogP contribution in [0.25, 0.3) is 11.1 Å². The Balaban J connectivity index is 2.14. The molecule has 3 aromatic rings. The molecule has 270 valence electrons. The van der Waals surface area contributed by atoms with Crippen LogP contribution in [0.4, 0.5) is 5.82 Å². The Kier molecular flexibility index (Phi) is 15.7. The summed E-state index contributed by atoms with van der Waals surface area (Å²) in [5.74, 6) is -0.453. The smallest absolute Gasteiger partial charge is 0.328 e. The Morgan fingerprint density at radius 1 is 0.980 bits per heavy atom. The van der Waals surface area contributed by atoms with Crippen molar-refractivity contribution < 1.29 is 37.0 Å². The van der Waals surface area contributed by atoms with Gasteiger partial charge in [-0.25, -0.2) is 17.5 Å². The minimum absolute atomic E-state index is 0.0860. The molecule has 0 fully saturated rings. The molecule has 0 aliphatic carbocycles. The number of rotatable bonds is 20. The van der Waals surface area contributed by atoms with Crippen molar-refractivity contribution in [3.05, 3.63) is 64.0 Å². The molecule has 0 radical (unpaired) electrons.